The highest BCUT2D eigenvalue weighted by Gasteiger charge is 1.98. The molecule has 2 rings (SSSR count). The molecule has 0 aliphatic heterocycles. The first-order valence-corrected chi connectivity index (χ1v) is 5.55. The van der Waals surface area contributed by atoms with Gasteiger partial charge in [0.15, 0.2) is 0 Å². The van der Waals surface area contributed by atoms with E-state index in [0.717, 1.165) is 24.5 Å². The molecule has 0 saturated heterocycles. The maximum Gasteiger partial charge on any atom is 0.148 e. The fourth-order valence-electron chi connectivity index (χ4n) is 1.49. The lowest BCUT2D eigenvalue weighted by Gasteiger charge is -2.02. The predicted octanol–water partition coefficient (Wildman–Crippen LogP) is 2.30. The normalized spacial score (nSPS) is 10.3. The van der Waals surface area contributed by atoms with E-state index in [1.54, 1.807) is 6.20 Å². The molecular weight excluding hydrogens is 200 g/mol. The van der Waals surface area contributed by atoms with E-state index in [2.05, 4.69) is 22.3 Å². The Labute approximate surface area is 95.3 Å². The van der Waals surface area contributed by atoms with Gasteiger partial charge in [0.1, 0.15) is 5.82 Å². The molecule has 0 saturated carbocycles. The third-order valence-electron chi connectivity index (χ3n) is 2.27. The summed E-state index contributed by atoms with van der Waals surface area (Å²) in [7, 11) is 0. The van der Waals surface area contributed by atoms with Crippen molar-refractivity contribution in [2.24, 2.45) is 0 Å². The van der Waals surface area contributed by atoms with Crippen molar-refractivity contribution in [1.29, 1.82) is 0 Å². The maximum atomic E-state index is 4.39. The van der Waals surface area contributed by atoms with E-state index in [9.17, 15) is 0 Å². The molecular formula is C12H16N4. The van der Waals surface area contributed by atoms with Crippen molar-refractivity contribution < 1.29 is 0 Å². The minimum Gasteiger partial charge on any atom is -0.363 e. The van der Waals surface area contributed by atoms with Crippen LogP contribution in [0.2, 0.25) is 0 Å². The summed E-state index contributed by atoms with van der Waals surface area (Å²) in [4.78, 5) is 4.24. The first kappa shape index (κ1) is 10.7. The van der Waals surface area contributed by atoms with E-state index in [1.807, 2.05) is 35.1 Å². The van der Waals surface area contributed by atoms with Crippen molar-refractivity contribution in [3.05, 3.63) is 42.4 Å². The fourth-order valence-corrected chi connectivity index (χ4v) is 1.49. The SMILES string of the molecule is CCCn1ccc(NCc2ccccn2)n1. The molecule has 1 N–H and O–H groups in total. The average molecular weight is 216 g/mol. The topological polar surface area (TPSA) is 42.7 Å². The van der Waals surface area contributed by atoms with Gasteiger partial charge in [-0.2, -0.15) is 5.10 Å². The lowest BCUT2D eigenvalue weighted by atomic mass is 10.3. The molecule has 0 amide bonds. The van der Waals surface area contributed by atoms with Crippen LogP contribution >= 0.6 is 0 Å². The van der Waals surface area contributed by atoms with Crippen LogP contribution in [0.15, 0.2) is 36.7 Å². The molecule has 0 unspecified atom stereocenters. The first-order chi connectivity index (χ1) is 7.88. The molecule has 2 aromatic rings. The highest BCUT2D eigenvalue weighted by atomic mass is 15.3. The third kappa shape index (κ3) is 2.82. The van der Waals surface area contributed by atoms with Crippen LogP contribution in [0.1, 0.15) is 19.0 Å². The van der Waals surface area contributed by atoms with Crippen LogP contribution in [-0.4, -0.2) is 14.8 Å². The van der Waals surface area contributed by atoms with Gasteiger partial charge in [-0.1, -0.05) is 13.0 Å². The Bertz CT molecular complexity index is 422. The Morgan fingerprint density at radius 1 is 1.31 bits per heavy atom. The average Bonchev–Trinajstić information content (AvgIpc) is 2.76. The van der Waals surface area contributed by atoms with Crippen LogP contribution < -0.4 is 5.32 Å². The monoisotopic (exact) mass is 216 g/mol. The summed E-state index contributed by atoms with van der Waals surface area (Å²) < 4.78 is 1.95. The molecule has 4 heteroatoms. The van der Waals surface area contributed by atoms with Crippen LogP contribution in [-0.2, 0) is 13.1 Å². The van der Waals surface area contributed by atoms with Crippen molar-refractivity contribution in [3.8, 4) is 0 Å². The number of rotatable bonds is 5. The van der Waals surface area contributed by atoms with E-state index < -0.39 is 0 Å². The fraction of sp³-hybridized carbons (Fsp3) is 0.333. The van der Waals surface area contributed by atoms with Crippen LogP contribution in [0.5, 0.6) is 0 Å². The van der Waals surface area contributed by atoms with Gasteiger partial charge < -0.3 is 5.32 Å². The predicted molar refractivity (Wildman–Crippen MR) is 64.1 cm³/mol. The Kier molecular flexibility index (Phi) is 3.53. The molecule has 2 heterocycles. The molecule has 0 atom stereocenters. The van der Waals surface area contributed by atoms with Gasteiger partial charge in [-0.05, 0) is 18.6 Å². The first-order valence-electron chi connectivity index (χ1n) is 5.55. The van der Waals surface area contributed by atoms with Gasteiger partial charge in [0.25, 0.3) is 0 Å². The van der Waals surface area contributed by atoms with E-state index in [-0.39, 0.29) is 0 Å². The zero-order valence-corrected chi connectivity index (χ0v) is 9.43. The molecule has 16 heavy (non-hydrogen) atoms. The minimum absolute atomic E-state index is 0.712. The molecule has 0 aromatic carbocycles. The minimum atomic E-state index is 0.712. The van der Waals surface area contributed by atoms with E-state index in [4.69, 9.17) is 0 Å². The molecule has 0 aliphatic carbocycles. The van der Waals surface area contributed by atoms with Crippen LogP contribution in [0, 0.1) is 0 Å². The Morgan fingerprint density at radius 2 is 2.25 bits per heavy atom. The summed E-state index contributed by atoms with van der Waals surface area (Å²) in [6.45, 7) is 3.82. The van der Waals surface area contributed by atoms with Crippen molar-refractivity contribution in [3.63, 3.8) is 0 Å². The molecule has 0 bridgehead atoms. The van der Waals surface area contributed by atoms with Gasteiger partial charge in [-0.3, -0.25) is 9.67 Å². The Morgan fingerprint density at radius 3 is 3.00 bits per heavy atom. The largest absolute Gasteiger partial charge is 0.363 e. The third-order valence-corrected chi connectivity index (χ3v) is 2.27. The maximum absolute atomic E-state index is 4.39. The smallest absolute Gasteiger partial charge is 0.148 e. The van der Waals surface area contributed by atoms with E-state index in [1.165, 1.54) is 0 Å². The number of aryl methyl sites for hydroxylation is 1. The molecule has 0 fully saturated rings. The van der Waals surface area contributed by atoms with Crippen LogP contribution in [0.4, 0.5) is 5.82 Å². The second-order valence-corrected chi connectivity index (χ2v) is 3.64. The van der Waals surface area contributed by atoms with Crippen molar-refractivity contribution >= 4 is 5.82 Å². The number of hydrogen-bond donors (Lipinski definition) is 1. The summed E-state index contributed by atoms with van der Waals surface area (Å²) in [5.41, 5.74) is 1.02. The number of pyridine rings is 1. The second-order valence-electron chi connectivity index (χ2n) is 3.64. The highest BCUT2D eigenvalue weighted by Crippen LogP contribution is 2.05. The summed E-state index contributed by atoms with van der Waals surface area (Å²) in [6, 6.07) is 7.88. The molecule has 0 aliphatic rings. The zero-order valence-electron chi connectivity index (χ0n) is 9.43. The number of hydrogen-bond acceptors (Lipinski definition) is 3. The summed E-state index contributed by atoms with van der Waals surface area (Å²) in [5.74, 6) is 0.902. The van der Waals surface area contributed by atoms with Gasteiger partial charge in [-0.25, -0.2) is 0 Å². The van der Waals surface area contributed by atoms with Crippen LogP contribution in [0.25, 0.3) is 0 Å². The van der Waals surface area contributed by atoms with E-state index in [0.29, 0.717) is 6.54 Å². The van der Waals surface area contributed by atoms with Gasteiger partial charge in [0.2, 0.25) is 0 Å². The highest BCUT2D eigenvalue weighted by molar-refractivity contribution is 5.32. The molecule has 84 valence electrons. The second kappa shape index (κ2) is 5.30. The summed E-state index contributed by atoms with van der Waals surface area (Å²) >= 11 is 0. The van der Waals surface area contributed by atoms with Gasteiger partial charge in [0.05, 0.1) is 12.2 Å². The molecule has 4 nitrogen and oxygen atoms in total. The quantitative estimate of drug-likeness (QED) is 0.834. The molecule has 2 aromatic heterocycles. The van der Waals surface area contributed by atoms with Gasteiger partial charge >= 0.3 is 0 Å². The van der Waals surface area contributed by atoms with Crippen molar-refractivity contribution in [2.45, 2.75) is 26.4 Å². The Balaban J connectivity index is 1.89. The number of nitrogens with one attached hydrogen (secondary N) is 1. The van der Waals surface area contributed by atoms with Gasteiger partial charge in [-0.15, -0.1) is 0 Å². The number of anilines is 1. The Hall–Kier alpha value is -1.84. The standard InChI is InChI=1S/C12H16N4/c1-2-8-16-9-6-12(15-16)14-10-11-5-3-4-7-13-11/h3-7,9H,2,8,10H2,1H3,(H,14,15). The van der Waals surface area contributed by atoms with Gasteiger partial charge in [0, 0.05) is 25.0 Å². The molecule has 0 spiro atoms. The summed E-state index contributed by atoms with van der Waals surface area (Å²) in [6.07, 6.45) is 4.89. The lowest BCUT2D eigenvalue weighted by Crippen LogP contribution is -2.03. The van der Waals surface area contributed by atoms with Crippen molar-refractivity contribution in [2.75, 3.05) is 5.32 Å². The zero-order chi connectivity index (χ0) is 11.2. The van der Waals surface area contributed by atoms with E-state index >= 15 is 0 Å². The van der Waals surface area contributed by atoms with Crippen molar-refractivity contribution in [1.82, 2.24) is 14.8 Å². The number of nitrogens with zero attached hydrogens (tertiary/aromatic N) is 3. The number of aromatic nitrogens is 3. The van der Waals surface area contributed by atoms with Crippen LogP contribution in [0.3, 0.4) is 0 Å². The lowest BCUT2D eigenvalue weighted by molar-refractivity contribution is 0.604. The molecule has 0 radical (unpaired) electrons. The summed E-state index contributed by atoms with van der Waals surface area (Å²) in [5, 5.41) is 7.64.